The average molecular weight is 294 g/mol. The van der Waals surface area contributed by atoms with Crippen LogP contribution in [0.15, 0.2) is 59.5 Å². The Morgan fingerprint density at radius 1 is 0.952 bits per heavy atom. The van der Waals surface area contributed by atoms with Gasteiger partial charge in [0.05, 0.1) is 10.9 Å². The monoisotopic (exact) mass is 293 g/mol. The summed E-state index contributed by atoms with van der Waals surface area (Å²) in [6, 6.07) is 16.3. The highest BCUT2D eigenvalue weighted by Gasteiger charge is 2.10. The van der Waals surface area contributed by atoms with Crippen LogP contribution in [0.5, 0.6) is 0 Å². The van der Waals surface area contributed by atoms with Crippen LogP contribution in [0, 0.1) is 6.92 Å². The number of hydrogen-bond acceptors (Lipinski definition) is 1. The predicted molar refractivity (Wildman–Crippen MR) is 89.2 cm³/mol. The van der Waals surface area contributed by atoms with Gasteiger partial charge in [-0.2, -0.15) is 0 Å². The first-order valence-electron chi connectivity index (χ1n) is 6.79. The van der Waals surface area contributed by atoms with Gasteiger partial charge in [0.25, 0.3) is 0 Å². The molecule has 3 aromatic carbocycles. The van der Waals surface area contributed by atoms with E-state index in [-0.39, 0.29) is 5.43 Å². The van der Waals surface area contributed by atoms with Crippen molar-refractivity contribution in [2.45, 2.75) is 6.92 Å². The summed E-state index contributed by atoms with van der Waals surface area (Å²) >= 11 is 6.23. The van der Waals surface area contributed by atoms with Crippen LogP contribution < -0.4 is 5.43 Å². The third-order valence-electron chi connectivity index (χ3n) is 3.99. The summed E-state index contributed by atoms with van der Waals surface area (Å²) in [4.78, 5) is 12.6. The molecule has 0 amide bonds. The van der Waals surface area contributed by atoms with E-state index in [0.717, 1.165) is 21.7 Å². The van der Waals surface area contributed by atoms with Crippen LogP contribution >= 0.6 is 11.8 Å². The minimum atomic E-state index is 0.0442. The summed E-state index contributed by atoms with van der Waals surface area (Å²) in [7, 11) is 0. The molecule has 0 bridgehead atoms. The van der Waals surface area contributed by atoms with Crippen molar-refractivity contribution in [1.82, 2.24) is 4.09 Å². The molecular weight excluding hydrogens is 282 g/mol. The summed E-state index contributed by atoms with van der Waals surface area (Å²) < 4.78 is 1.50. The highest BCUT2D eigenvalue weighted by atomic mass is 35.5. The second-order valence-electron chi connectivity index (χ2n) is 5.33. The normalized spacial score (nSPS) is 11.5. The Morgan fingerprint density at radius 2 is 1.67 bits per heavy atom. The molecule has 0 saturated carbocycles. The van der Waals surface area contributed by atoms with E-state index in [2.05, 4.69) is 24.3 Å². The van der Waals surface area contributed by atoms with Crippen LogP contribution in [0.25, 0.3) is 32.4 Å². The molecule has 0 spiro atoms. The molecule has 0 aliphatic heterocycles. The fourth-order valence-corrected chi connectivity index (χ4v) is 3.20. The minimum Gasteiger partial charge on any atom is -0.289 e. The summed E-state index contributed by atoms with van der Waals surface area (Å²) in [5.74, 6) is 0. The molecule has 21 heavy (non-hydrogen) atoms. The zero-order valence-electron chi connectivity index (χ0n) is 11.4. The molecule has 1 heterocycles. The van der Waals surface area contributed by atoms with Crippen molar-refractivity contribution in [3.63, 3.8) is 0 Å². The lowest BCUT2D eigenvalue weighted by molar-refractivity contribution is 1.22. The molecule has 0 unspecified atom stereocenters. The van der Waals surface area contributed by atoms with Gasteiger partial charge in [0.2, 0.25) is 0 Å². The van der Waals surface area contributed by atoms with Gasteiger partial charge in [-0.15, -0.1) is 0 Å². The summed E-state index contributed by atoms with van der Waals surface area (Å²) in [5, 5.41) is 4.99. The number of benzene rings is 3. The molecule has 0 saturated heterocycles. The predicted octanol–water partition coefficient (Wildman–Crippen LogP) is 4.62. The maximum Gasteiger partial charge on any atom is 0.193 e. The Kier molecular flexibility index (Phi) is 2.57. The summed E-state index contributed by atoms with van der Waals surface area (Å²) in [6.07, 6.45) is 1.67. The fourth-order valence-electron chi connectivity index (χ4n) is 2.91. The standard InChI is InChI=1S/C18H12ClNO/c1-11-10-20(19)16-7-6-14-8-12-4-2-3-5-13(12)9-15(14)17(16)18(11)21/h2-10H,1H3. The van der Waals surface area contributed by atoms with Gasteiger partial charge in [0, 0.05) is 23.5 Å². The number of pyridine rings is 1. The van der Waals surface area contributed by atoms with E-state index >= 15 is 0 Å². The highest BCUT2D eigenvalue weighted by molar-refractivity contribution is 6.21. The van der Waals surface area contributed by atoms with Crippen LogP contribution in [-0.4, -0.2) is 4.09 Å². The van der Waals surface area contributed by atoms with E-state index in [4.69, 9.17) is 11.8 Å². The van der Waals surface area contributed by atoms with E-state index in [0.29, 0.717) is 10.9 Å². The number of fused-ring (bicyclic) bond motifs is 4. The zero-order valence-corrected chi connectivity index (χ0v) is 12.2. The maximum atomic E-state index is 12.6. The van der Waals surface area contributed by atoms with Crippen molar-refractivity contribution in [3.05, 3.63) is 70.5 Å². The van der Waals surface area contributed by atoms with Crippen LogP contribution in [0.4, 0.5) is 0 Å². The number of nitrogens with zero attached hydrogens (tertiary/aromatic N) is 1. The Labute approximate surface area is 126 Å². The molecule has 0 aliphatic carbocycles. The summed E-state index contributed by atoms with van der Waals surface area (Å²) in [6.45, 7) is 1.79. The first-order chi connectivity index (χ1) is 10.1. The van der Waals surface area contributed by atoms with Gasteiger partial charge >= 0.3 is 0 Å². The third kappa shape index (κ3) is 1.76. The van der Waals surface area contributed by atoms with Gasteiger partial charge in [-0.1, -0.05) is 30.3 Å². The van der Waals surface area contributed by atoms with Gasteiger partial charge < -0.3 is 0 Å². The van der Waals surface area contributed by atoms with Gasteiger partial charge in [0.1, 0.15) is 0 Å². The van der Waals surface area contributed by atoms with Gasteiger partial charge in [-0.05, 0) is 46.7 Å². The van der Waals surface area contributed by atoms with E-state index in [9.17, 15) is 4.79 Å². The molecule has 4 rings (SSSR count). The number of aryl methyl sites for hydroxylation is 1. The van der Waals surface area contributed by atoms with E-state index in [1.54, 1.807) is 13.1 Å². The van der Waals surface area contributed by atoms with E-state index < -0.39 is 0 Å². The van der Waals surface area contributed by atoms with Crippen molar-refractivity contribution in [2.24, 2.45) is 0 Å². The smallest absolute Gasteiger partial charge is 0.193 e. The lowest BCUT2D eigenvalue weighted by Crippen LogP contribution is -2.09. The van der Waals surface area contributed by atoms with Crippen molar-refractivity contribution in [3.8, 4) is 0 Å². The van der Waals surface area contributed by atoms with E-state index in [1.165, 1.54) is 9.47 Å². The lowest BCUT2D eigenvalue weighted by Gasteiger charge is -2.09. The van der Waals surface area contributed by atoms with Crippen LogP contribution in [0.3, 0.4) is 0 Å². The van der Waals surface area contributed by atoms with Crippen molar-refractivity contribution in [2.75, 3.05) is 0 Å². The van der Waals surface area contributed by atoms with Crippen molar-refractivity contribution < 1.29 is 0 Å². The molecule has 102 valence electrons. The molecule has 0 N–H and O–H groups in total. The minimum absolute atomic E-state index is 0.0442. The SMILES string of the molecule is Cc1cn(Cl)c2ccc3cc4ccccc4cc3c2c1=O. The molecule has 3 heteroatoms. The molecule has 0 aliphatic rings. The van der Waals surface area contributed by atoms with Gasteiger partial charge in [-0.3, -0.25) is 8.88 Å². The Balaban J connectivity index is 2.33. The van der Waals surface area contributed by atoms with Crippen LogP contribution in [0.1, 0.15) is 5.56 Å². The topological polar surface area (TPSA) is 22.0 Å². The zero-order chi connectivity index (χ0) is 14.6. The molecule has 0 fully saturated rings. The Morgan fingerprint density at radius 3 is 2.43 bits per heavy atom. The number of rotatable bonds is 0. The number of aromatic nitrogens is 1. The quantitative estimate of drug-likeness (QED) is 0.342. The first kappa shape index (κ1) is 12.4. The molecule has 1 aromatic heterocycles. The first-order valence-corrected chi connectivity index (χ1v) is 7.12. The van der Waals surface area contributed by atoms with E-state index in [1.807, 2.05) is 24.3 Å². The second-order valence-corrected chi connectivity index (χ2v) is 5.70. The largest absolute Gasteiger partial charge is 0.289 e. The molecule has 2 nitrogen and oxygen atoms in total. The molecular formula is C18H12ClNO. The van der Waals surface area contributed by atoms with Crippen LogP contribution in [-0.2, 0) is 0 Å². The Hall–Kier alpha value is -2.32. The second kappa shape index (κ2) is 4.34. The third-order valence-corrected chi connectivity index (χ3v) is 4.27. The molecule has 0 atom stereocenters. The maximum absolute atomic E-state index is 12.6. The molecule has 4 aromatic rings. The van der Waals surface area contributed by atoms with Gasteiger partial charge in [0.15, 0.2) is 5.43 Å². The summed E-state index contributed by atoms with van der Waals surface area (Å²) in [5.41, 5.74) is 1.44. The Bertz CT molecular complexity index is 1080. The van der Waals surface area contributed by atoms with Gasteiger partial charge in [-0.25, -0.2) is 0 Å². The van der Waals surface area contributed by atoms with Crippen molar-refractivity contribution in [1.29, 1.82) is 0 Å². The molecule has 0 radical (unpaired) electrons. The number of hydrogen-bond donors (Lipinski definition) is 0. The fraction of sp³-hybridized carbons (Fsp3) is 0.0556. The van der Waals surface area contributed by atoms with Crippen molar-refractivity contribution >= 4 is 44.2 Å². The van der Waals surface area contributed by atoms with Crippen LogP contribution in [0.2, 0.25) is 0 Å². The highest BCUT2D eigenvalue weighted by Crippen LogP contribution is 2.28. The average Bonchev–Trinajstić information content (AvgIpc) is 2.49. The number of halogens is 1. The lowest BCUT2D eigenvalue weighted by atomic mass is 9.99.